The Labute approximate surface area is 288 Å². The maximum absolute atomic E-state index is 14.3. The zero-order chi connectivity index (χ0) is 34.7. The lowest BCUT2D eigenvalue weighted by molar-refractivity contribution is 0.175. The van der Waals surface area contributed by atoms with E-state index < -0.39 is 15.7 Å². The van der Waals surface area contributed by atoms with Crippen molar-refractivity contribution in [3.63, 3.8) is 0 Å². The second kappa shape index (κ2) is 17.7. The van der Waals surface area contributed by atoms with Gasteiger partial charge in [-0.05, 0) is 88.3 Å². The van der Waals surface area contributed by atoms with Gasteiger partial charge in [0, 0.05) is 69.2 Å². The molecule has 4 rings (SSSR count). The van der Waals surface area contributed by atoms with E-state index in [4.69, 9.17) is 16.3 Å². The molecule has 48 heavy (non-hydrogen) atoms. The van der Waals surface area contributed by atoms with Crippen molar-refractivity contribution in [2.75, 3.05) is 71.4 Å². The number of nitrogens with one attached hydrogen (secondary N) is 2. The van der Waals surface area contributed by atoms with E-state index in [9.17, 15) is 17.6 Å². The number of sulfone groups is 1. The molecule has 2 aliphatic rings. The molecule has 1 aromatic carbocycles. The lowest BCUT2D eigenvalue weighted by Crippen LogP contribution is -2.48. The van der Waals surface area contributed by atoms with Crippen LogP contribution in [0.5, 0.6) is 5.88 Å². The number of ether oxygens (including phenoxy) is 1. The van der Waals surface area contributed by atoms with Crippen molar-refractivity contribution in [3.05, 3.63) is 58.7 Å². The van der Waals surface area contributed by atoms with Crippen LogP contribution in [0.1, 0.15) is 31.7 Å². The number of piperazine rings is 1. The highest BCUT2D eigenvalue weighted by Gasteiger charge is 2.21. The highest BCUT2D eigenvalue weighted by Crippen LogP contribution is 2.28. The first-order chi connectivity index (χ1) is 22.9. The first-order valence-electron chi connectivity index (χ1n) is 16.1. The number of allylic oxidation sites excluding steroid dienone is 1. The van der Waals surface area contributed by atoms with Gasteiger partial charge in [0.15, 0.2) is 0 Å². The van der Waals surface area contributed by atoms with Crippen LogP contribution in [0.2, 0.25) is 5.02 Å². The molecule has 2 aromatic rings. The van der Waals surface area contributed by atoms with Gasteiger partial charge in [-0.3, -0.25) is 9.80 Å². The molecule has 0 unspecified atom stereocenters. The van der Waals surface area contributed by atoms with Crippen molar-refractivity contribution < 1.29 is 22.3 Å². The molecule has 2 saturated heterocycles. The fourth-order valence-corrected chi connectivity index (χ4v) is 6.64. The maximum Gasteiger partial charge on any atom is 0.314 e. The summed E-state index contributed by atoms with van der Waals surface area (Å²) in [4.78, 5) is 31.5. The number of piperidine rings is 1. The van der Waals surface area contributed by atoms with Crippen LogP contribution in [-0.2, 0) is 16.4 Å². The van der Waals surface area contributed by atoms with Gasteiger partial charge in [-0.2, -0.15) is 0 Å². The van der Waals surface area contributed by atoms with Gasteiger partial charge in [-0.25, -0.2) is 32.6 Å². The van der Waals surface area contributed by atoms with Crippen molar-refractivity contribution in [1.29, 1.82) is 0 Å². The highest BCUT2D eigenvalue weighted by atomic mass is 35.5. The summed E-state index contributed by atoms with van der Waals surface area (Å²) in [5.41, 5.74) is 2.03. The van der Waals surface area contributed by atoms with E-state index in [2.05, 4.69) is 42.1 Å². The van der Waals surface area contributed by atoms with Gasteiger partial charge in [0.25, 0.3) is 0 Å². The number of hydrogen-bond donors (Lipinski definition) is 2. The summed E-state index contributed by atoms with van der Waals surface area (Å²) < 4.78 is 43.3. The summed E-state index contributed by atoms with van der Waals surface area (Å²) in [6, 6.07) is 7.95. The maximum atomic E-state index is 14.3. The van der Waals surface area contributed by atoms with Gasteiger partial charge in [-0.1, -0.05) is 11.6 Å². The van der Waals surface area contributed by atoms with Crippen LogP contribution < -0.4 is 15.4 Å². The number of urea groups is 1. The number of aromatic nitrogens is 1. The quantitative estimate of drug-likeness (QED) is 0.192. The number of nitrogens with zero attached hydrogens (tertiary/aromatic N) is 6. The average molecular weight is 705 g/mol. The van der Waals surface area contributed by atoms with Gasteiger partial charge in [0.2, 0.25) is 11.8 Å². The van der Waals surface area contributed by atoms with Crippen molar-refractivity contribution in [2.45, 2.75) is 32.7 Å². The monoisotopic (exact) mass is 704 g/mol. The number of likely N-dealkylation sites (tertiary alicyclic amines) is 1. The topological polar surface area (TPSA) is 132 Å². The number of guanidine groups is 1. The van der Waals surface area contributed by atoms with E-state index in [0.29, 0.717) is 67.4 Å². The van der Waals surface area contributed by atoms with E-state index in [-0.39, 0.29) is 16.8 Å². The molecule has 2 amide bonds. The average Bonchev–Trinajstić information content (AvgIpc) is 3.04. The van der Waals surface area contributed by atoms with Crippen LogP contribution in [0.15, 0.2) is 52.3 Å². The van der Waals surface area contributed by atoms with E-state index in [1.165, 1.54) is 18.4 Å². The molecule has 2 aliphatic heterocycles. The fourth-order valence-electron chi connectivity index (χ4n) is 5.77. The van der Waals surface area contributed by atoms with E-state index in [0.717, 1.165) is 51.1 Å². The smallest absolute Gasteiger partial charge is 0.314 e. The Balaban J connectivity index is 1.43. The van der Waals surface area contributed by atoms with Crippen LogP contribution in [0.4, 0.5) is 9.18 Å². The van der Waals surface area contributed by atoms with Gasteiger partial charge >= 0.3 is 6.03 Å². The standard InChI is InChI=1S/C33H46ClFN8O4S/c1-24(21-38-32(36-2)43-13-11-41(12-14-43)8-5-15-48(4,45)46)47-31-17-26(16-30(40-31)27-18-28(34)20-29(35)19-27)23-42-9-6-25(7-10-42)22-39-33(44)37-3/h16-21,25H,2,5-15,22-23H2,1,3-4H3,(H2,37,39,44)/b24-21+,38-32+. The molecular weight excluding hydrogens is 659 g/mol. The number of aliphatic imine (C=N–C) groups is 2. The predicted molar refractivity (Wildman–Crippen MR) is 189 cm³/mol. The fraction of sp³-hybridized carbons (Fsp3) is 0.515. The summed E-state index contributed by atoms with van der Waals surface area (Å²) in [5, 5.41) is 5.76. The first kappa shape index (κ1) is 37.2. The van der Waals surface area contributed by atoms with Gasteiger partial charge < -0.3 is 20.3 Å². The number of carbonyl (C=O) groups excluding carboxylic acids is 1. The van der Waals surface area contributed by atoms with Crippen LogP contribution >= 0.6 is 11.6 Å². The number of pyridine rings is 1. The Kier molecular flexibility index (Phi) is 13.7. The third-order valence-electron chi connectivity index (χ3n) is 8.33. The molecule has 262 valence electrons. The highest BCUT2D eigenvalue weighted by molar-refractivity contribution is 7.90. The third kappa shape index (κ3) is 12.1. The predicted octanol–water partition coefficient (Wildman–Crippen LogP) is 4.03. The Morgan fingerprint density at radius 2 is 1.85 bits per heavy atom. The lowest BCUT2D eigenvalue weighted by Gasteiger charge is -2.35. The van der Waals surface area contributed by atoms with Gasteiger partial charge in [0.05, 0.1) is 17.6 Å². The molecule has 15 heteroatoms. The zero-order valence-corrected chi connectivity index (χ0v) is 29.5. The summed E-state index contributed by atoms with van der Waals surface area (Å²) in [6.45, 7) is 12.2. The van der Waals surface area contributed by atoms with Crippen molar-refractivity contribution in [3.8, 4) is 17.1 Å². The van der Waals surface area contributed by atoms with E-state index in [1.54, 1.807) is 26.2 Å². The molecule has 2 fully saturated rings. The number of hydrogen-bond acceptors (Lipinski definition) is 8. The zero-order valence-electron chi connectivity index (χ0n) is 27.9. The second-order valence-corrected chi connectivity index (χ2v) is 15.0. The molecule has 3 heterocycles. The molecule has 0 spiro atoms. The molecule has 0 bridgehead atoms. The summed E-state index contributed by atoms with van der Waals surface area (Å²) in [7, 11) is -1.36. The Bertz CT molecular complexity index is 1570. The number of amides is 2. The molecule has 0 saturated carbocycles. The van der Waals surface area contributed by atoms with Crippen LogP contribution in [0.25, 0.3) is 11.3 Å². The minimum Gasteiger partial charge on any atom is -0.442 e. The molecule has 12 nitrogen and oxygen atoms in total. The normalized spacial score (nSPS) is 17.3. The van der Waals surface area contributed by atoms with Crippen LogP contribution in [0.3, 0.4) is 0 Å². The number of carbonyl (C=O) groups is 1. The summed E-state index contributed by atoms with van der Waals surface area (Å²) in [5.74, 6) is 1.44. The minimum atomic E-state index is -2.96. The van der Waals surface area contributed by atoms with E-state index in [1.807, 2.05) is 17.0 Å². The molecule has 0 aliphatic carbocycles. The SMILES string of the molecule is C=N/C(=N\C=C(/C)Oc1cc(CN2CCC(CNC(=O)NC)CC2)cc(-c2cc(F)cc(Cl)c2)n1)N1CCN(CCCS(C)(=O)=O)CC1. The van der Waals surface area contributed by atoms with Gasteiger partial charge in [0.1, 0.15) is 21.4 Å². The molecule has 1 aromatic heterocycles. The lowest BCUT2D eigenvalue weighted by atomic mass is 9.96. The molecule has 0 radical (unpaired) electrons. The largest absolute Gasteiger partial charge is 0.442 e. The first-order valence-corrected chi connectivity index (χ1v) is 18.5. The number of benzene rings is 1. The third-order valence-corrected chi connectivity index (χ3v) is 9.57. The second-order valence-electron chi connectivity index (χ2n) is 12.3. The summed E-state index contributed by atoms with van der Waals surface area (Å²) in [6.07, 6.45) is 5.37. The summed E-state index contributed by atoms with van der Waals surface area (Å²) >= 11 is 6.18. The number of rotatable bonds is 12. The van der Waals surface area contributed by atoms with Crippen molar-refractivity contribution >= 4 is 40.1 Å². The number of halogens is 2. The van der Waals surface area contributed by atoms with Crippen LogP contribution in [-0.4, -0.2) is 118 Å². The van der Waals surface area contributed by atoms with Gasteiger partial charge in [-0.15, -0.1) is 0 Å². The van der Waals surface area contributed by atoms with Crippen LogP contribution in [0, 0.1) is 11.7 Å². The molecule has 2 N–H and O–H groups in total. The van der Waals surface area contributed by atoms with Crippen molar-refractivity contribution in [2.24, 2.45) is 15.9 Å². The molecule has 0 atom stereocenters. The van der Waals surface area contributed by atoms with E-state index >= 15 is 0 Å². The minimum absolute atomic E-state index is 0.169. The molecular formula is C33H46ClFN8O4S. The Morgan fingerprint density at radius 3 is 2.50 bits per heavy atom. The van der Waals surface area contributed by atoms with Crippen molar-refractivity contribution in [1.82, 2.24) is 30.3 Å². The Hall–Kier alpha value is -3.59. The Morgan fingerprint density at radius 1 is 1.12 bits per heavy atom.